The molecule has 0 heterocycles. The number of hydrogen-bond donors (Lipinski definition) is 1. The van der Waals surface area contributed by atoms with Crippen LogP contribution < -0.4 is 5.73 Å². The molecule has 0 atom stereocenters. The van der Waals surface area contributed by atoms with Crippen molar-refractivity contribution in [1.82, 2.24) is 0 Å². The molecule has 0 unspecified atom stereocenters. The molecular weight excluding hydrogens is 198 g/mol. The zero-order valence-corrected chi connectivity index (χ0v) is 9.19. The average molecular weight is 216 g/mol. The van der Waals surface area contributed by atoms with Crippen LogP contribution in [0, 0.1) is 23.2 Å². The van der Waals surface area contributed by atoms with Gasteiger partial charge < -0.3 is 5.73 Å². The monoisotopic (exact) mass is 215 g/mol. The molecule has 0 aromatic carbocycles. The van der Waals surface area contributed by atoms with E-state index in [0.717, 1.165) is 37.0 Å². The minimum absolute atomic E-state index is 0. The molecule has 80 valence electrons. The summed E-state index contributed by atoms with van der Waals surface area (Å²) in [5.41, 5.74) is 5.49. The highest BCUT2D eigenvalue weighted by molar-refractivity contribution is 5.85. The maximum atomic E-state index is 11.5. The number of carbonyl (C=O) groups is 1. The summed E-state index contributed by atoms with van der Waals surface area (Å²) in [5, 5.41) is 0. The lowest BCUT2D eigenvalue weighted by Crippen LogP contribution is -2.52. The molecule has 4 aliphatic carbocycles. The Morgan fingerprint density at radius 3 is 1.64 bits per heavy atom. The van der Waals surface area contributed by atoms with Crippen molar-refractivity contribution in [3.8, 4) is 0 Å². The van der Waals surface area contributed by atoms with E-state index in [9.17, 15) is 4.79 Å². The highest BCUT2D eigenvalue weighted by atomic mass is 35.5. The predicted octanol–water partition coefficient (Wildman–Crippen LogP) is 2.11. The molecule has 4 aliphatic rings. The summed E-state index contributed by atoms with van der Waals surface area (Å²) < 4.78 is 0. The van der Waals surface area contributed by atoms with Crippen LogP contribution in [0.3, 0.4) is 0 Å². The van der Waals surface area contributed by atoms with Crippen LogP contribution in [0.25, 0.3) is 0 Å². The second-order valence-electron chi connectivity index (χ2n) is 5.56. The lowest BCUT2D eigenvalue weighted by Gasteiger charge is -2.55. The quantitative estimate of drug-likeness (QED) is 0.716. The third-order valence-electron chi connectivity index (χ3n) is 4.56. The standard InChI is InChI=1S/C11H17NO.ClH/c12-10(13)11-4-7-1-8(5-11)3-9(2-7)6-11;/h7-9H,1-6H2,(H2,12,13);1H. The molecule has 0 aliphatic heterocycles. The molecule has 0 aromatic heterocycles. The van der Waals surface area contributed by atoms with Crippen molar-refractivity contribution in [2.75, 3.05) is 0 Å². The molecule has 4 bridgehead atoms. The minimum Gasteiger partial charge on any atom is -0.369 e. The maximum absolute atomic E-state index is 11.5. The lowest BCUT2D eigenvalue weighted by atomic mass is 9.49. The molecule has 3 heteroatoms. The van der Waals surface area contributed by atoms with Crippen molar-refractivity contribution in [2.24, 2.45) is 28.9 Å². The van der Waals surface area contributed by atoms with Gasteiger partial charge in [0.25, 0.3) is 0 Å². The van der Waals surface area contributed by atoms with Crippen molar-refractivity contribution in [1.29, 1.82) is 0 Å². The van der Waals surface area contributed by atoms with E-state index in [2.05, 4.69) is 0 Å². The van der Waals surface area contributed by atoms with E-state index < -0.39 is 0 Å². The minimum atomic E-state index is -0.0608. The molecule has 1 amide bonds. The number of carbonyl (C=O) groups excluding carboxylic acids is 1. The Hall–Kier alpha value is -0.240. The first-order valence-electron chi connectivity index (χ1n) is 5.48. The van der Waals surface area contributed by atoms with Crippen molar-refractivity contribution < 1.29 is 4.79 Å². The third kappa shape index (κ3) is 1.27. The zero-order valence-electron chi connectivity index (χ0n) is 8.37. The molecule has 2 nitrogen and oxygen atoms in total. The van der Waals surface area contributed by atoms with Gasteiger partial charge in [0.05, 0.1) is 0 Å². The first-order valence-corrected chi connectivity index (χ1v) is 5.48. The van der Waals surface area contributed by atoms with Gasteiger partial charge in [0.15, 0.2) is 0 Å². The van der Waals surface area contributed by atoms with Crippen LogP contribution in [0.15, 0.2) is 0 Å². The summed E-state index contributed by atoms with van der Waals surface area (Å²) in [6.45, 7) is 0. The Morgan fingerprint density at radius 2 is 1.36 bits per heavy atom. The zero-order chi connectivity index (χ0) is 9.05. The van der Waals surface area contributed by atoms with Gasteiger partial charge in [-0.2, -0.15) is 0 Å². The van der Waals surface area contributed by atoms with Gasteiger partial charge in [-0.25, -0.2) is 0 Å². The van der Waals surface area contributed by atoms with E-state index in [1.807, 2.05) is 0 Å². The predicted molar refractivity (Wildman–Crippen MR) is 57.0 cm³/mol. The molecule has 0 aromatic rings. The van der Waals surface area contributed by atoms with E-state index in [1.54, 1.807) is 0 Å². The maximum Gasteiger partial charge on any atom is 0.223 e. The SMILES string of the molecule is Cl.NC(=O)C12CC3CC(CC(C3)C1)C2. The van der Waals surface area contributed by atoms with Gasteiger partial charge in [-0.3, -0.25) is 4.79 Å². The molecule has 4 rings (SSSR count). The summed E-state index contributed by atoms with van der Waals surface area (Å²) in [4.78, 5) is 11.5. The molecule has 4 saturated carbocycles. The number of halogens is 1. The van der Waals surface area contributed by atoms with Crippen LogP contribution in [0.4, 0.5) is 0 Å². The summed E-state index contributed by atoms with van der Waals surface area (Å²) in [6, 6.07) is 0. The fraction of sp³-hybridized carbons (Fsp3) is 0.909. The van der Waals surface area contributed by atoms with Crippen LogP contribution in [0.2, 0.25) is 0 Å². The van der Waals surface area contributed by atoms with Crippen molar-refractivity contribution in [3.63, 3.8) is 0 Å². The number of primary amides is 1. The molecule has 4 fully saturated rings. The van der Waals surface area contributed by atoms with Gasteiger partial charge >= 0.3 is 0 Å². The van der Waals surface area contributed by atoms with Crippen LogP contribution in [-0.2, 0) is 4.79 Å². The van der Waals surface area contributed by atoms with Crippen molar-refractivity contribution in [2.45, 2.75) is 38.5 Å². The molecule has 0 spiro atoms. The van der Waals surface area contributed by atoms with Gasteiger partial charge in [-0.15, -0.1) is 12.4 Å². The topological polar surface area (TPSA) is 43.1 Å². The third-order valence-corrected chi connectivity index (χ3v) is 4.56. The number of rotatable bonds is 1. The largest absolute Gasteiger partial charge is 0.369 e. The van der Waals surface area contributed by atoms with Gasteiger partial charge in [-0.05, 0) is 56.3 Å². The Bertz CT molecular complexity index is 229. The van der Waals surface area contributed by atoms with Crippen LogP contribution in [0.1, 0.15) is 38.5 Å². The summed E-state index contributed by atoms with van der Waals surface area (Å²) in [6.07, 6.45) is 7.46. The van der Waals surface area contributed by atoms with E-state index in [-0.39, 0.29) is 23.7 Å². The van der Waals surface area contributed by atoms with Crippen molar-refractivity contribution >= 4 is 18.3 Å². The second kappa shape index (κ2) is 3.13. The van der Waals surface area contributed by atoms with E-state index in [0.29, 0.717) is 0 Å². The van der Waals surface area contributed by atoms with E-state index in [4.69, 9.17) is 5.73 Å². The van der Waals surface area contributed by atoms with Gasteiger partial charge in [-0.1, -0.05) is 0 Å². The average Bonchev–Trinajstić information content (AvgIpc) is 2.00. The van der Waals surface area contributed by atoms with E-state index >= 15 is 0 Å². The molecule has 0 radical (unpaired) electrons. The van der Waals surface area contributed by atoms with Crippen LogP contribution in [0.5, 0.6) is 0 Å². The fourth-order valence-electron chi connectivity index (χ4n) is 4.41. The summed E-state index contributed by atoms with van der Waals surface area (Å²) in [5.74, 6) is 2.49. The fourth-order valence-corrected chi connectivity index (χ4v) is 4.41. The summed E-state index contributed by atoms with van der Waals surface area (Å²) >= 11 is 0. The van der Waals surface area contributed by atoms with Gasteiger partial charge in [0, 0.05) is 5.41 Å². The van der Waals surface area contributed by atoms with Gasteiger partial charge in [0.2, 0.25) is 5.91 Å². The normalized spacial score (nSPS) is 48.7. The van der Waals surface area contributed by atoms with Crippen LogP contribution in [-0.4, -0.2) is 5.91 Å². The van der Waals surface area contributed by atoms with Gasteiger partial charge in [0.1, 0.15) is 0 Å². The Balaban J connectivity index is 0.000000750. The Labute approximate surface area is 91.0 Å². The number of hydrogen-bond acceptors (Lipinski definition) is 1. The lowest BCUT2D eigenvalue weighted by molar-refractivity contribution is -0.142. The van der Waals surface area contributed by atoms with Crippen molar-refractivity contribution in [3.05, 3.63) is 0 Å². The number of amides is 1. The second-order valence-corrected chi connectivity index (χ2v) is 5.56. The Morgan fingerprint density at radius 1 is 1.00 bits per heavy atom. The highest BCUT2D eigenvalue weighted by Crippen LogP contribution is 2.59. The van der Waals surface area contributed by atoms with Crippen LogP contribution >= 0.6 is 12.4 Å². The number of nitrogens with two attached hydrogens (primary N) is 1. The Kier molecular flexibility index (Phi) is 2.30. The first-order chi connectivity index (χ1) is 6.18. The molecule has 0 saturated heterocycles. The molecule has 14 heavy (non-hydrogen) atoms. The molecule has 2 N–H and O–H groups in total. The highest BCUT2D eigenvalue weighted by Gasteiger charge is 2.53. The summed E-state index contributed by atoms with van der Waals surface area (Å²) in [7, 11) is 0. The smallest absolute Gasteiger partial charge is 0.223 e. The molecular formula is C11H18ClNO. The van der Waals surface area contributed by atoms with E-state index in [1.165, 1.54) is 19.3 Å². The first kappa shape index (κ1) is 10.3.